The van der Waals surface area contributed by atoms with Gasteiger partial charge in [-0.2, -0.15) is 9.97 Å². The molecule has 0 radical (unpaired) electrons. The Hall–Kier alpha value is -1.89. The number of fused-ring (bicyclic) bond motifs is 1. The Morgan fingerprint density at radius 3 is 3.05 bits per heavy atom. The predicted octanol–water partition coefficient (Wildman–Crippen LogP) is 0.856. The molecule has 0 aliphatic carbocycles. The highest BCUT2D eigenvalue weighted by Gasteiger charge is 2.25. The number of aromatic nitrogens is 4. The maximum atomic E-state index is 5.83. The lowest BCUT2D eigenvalue weighted by Gasteiger charge is -2.31. The number of nitrogen functional groups attached to an aromatic ring is 1. The molecule has 1 aliphatic heterocycles. The van der Waals surface area contributed by atoms with E-state index in [1.807, 2.05) is 0 Å². The molecule has 0 saturated carbocycles. The van der Waals surface area contributed by atoms with E-state index in [1.54, 1.807) is 6.33 Å². The number of anilines is 2. The monoisotopic (exact) mass is 275 g/mol. The van der Waals surface area contributed by atoms with Crippen LogP contribution in [0.25, 0.3) is 11.2 Å². The molecule has 2 aromatic heterocycles. The van der Waals surface area contributed by atoms with Crippen molar-refractivity contribution in [2.75, 3.05) is 37.3 Å². The number of nitrogens with zero attached hydrogens (tertiary/aromatic N) is 5. The molecule has 1 aliphatic rings. The van der Waals surface area contributed by atoms with Crippen LogP contribution in [0.3, 0.4) is 0 Å². The number of imidazole rings is 1. The molecule has 3 heterocycles. The summed E-state index contributed by atoms with van der Waals surface area (Å²) in [5, 5.41) is 0. The van der Waals surface area contributed by atoms with Gasteiger partial charge in [-0.25, -0.2) is 4.98 Å². The third kappa shape index (κ3) is 2.29. The van der Waals surface area contributed by atoms with E-state index >= 15 is 0 Å². The Morgan fingerprint density at radius 2 is 2.25 bits per heavy atom. The molecule has 7 heteroatoms. The van der Waals surface area contributed by atoms with E-state index in [0.29, 0.717) is 11.7 Å². The third-order valence-electron chi connectivity index (χ3n) is 3.93. The van der Waals surface area contributed by atoms with E-state index < -0.39 is 0 Å². The van der Waals surface area contributed by atoms with Crippen molar-refractivity contribution in [3.8, 4) is 0 Å². The zero-order valence-corrected chi connectivity index (χ0v) is 12.0. The van der Waals surface area contributed by atoms with Gasteiger partial charge in [0.25, 0.3) is 0 Å². The van der Waals surface area contributed by atoms with E-state index in [2.05, 4.69) is 43.7 Å². The first-order chi connectivity index (χ1) is 9.69. The second-order valence-electron chi connectivity index (χ2n) is 5.38. The average Bonchev–Trinajstić information content (AvgIpc) is 2.80. The number of nitrogens with two attached hydrogens (primary N) is 1. The molecule has 0 bridgehead atoms. The molecule has 2 aromatic rings. The van der Waals surface area contributed by atoms with Crippen LogP contribution >= 0.6 is 0 Å². The molecule has 108 valence electrons. The summed E-state index contributed by atoms with van der Waals surface area (Å²) in [5.74, 6) is 1.17. The number of likely N-dealkylation sites (N-methyl/N-ethyl adjacent to an activating group) is 1. The van der Waals surface area contributed by atoms with Gasteiger partial charge in [0.2, 0.25) is 5.95 Å². The van der Waals surface area contributed by atoms with Crippen molar-refractivity contribution < 1.29 is 0 Å². The first kappa shape index (κ1) is 13.1. The Bertz CT molecular complexity index is 593. The molecular formula is C13H21N7. The lowest BCUT2D eigenvalue weighted by atomic mass is 10.2. The van der Waals surface area contributed by atoms with E-state index in [4.69, 9.17) is 5.73 Å². The van der Waals surface area contributed by atoms with Crippen molar-refractivity contribution in [1.82, 2.24) is 24.8 Å². The normalized spacial score (nSPS) is 21.3. The largest absolute Gasteiger partial charge is 0.368 e. The second kappa shape index (κ2) is 5.24. The van der Waals surface area contributed by atoms with Crippen LogP contribution in [0.15, 0.2) is 6.33 Å². The predicted molar refractivity (Wildman–Crippen MR) is 79.6 cm³/mol. The number of hydrogen-bond acceptors (Lipinski definition) is 6. The van der Waals surface area contributed by atoms with Crippen LogP contribution < -0.4 is 10.6 Å². The first-order valence-electron chi connectivity index (χ1n) is 7.10. The lowest BCUT2D eigenvalue weighted by Crippen LogP contribution is -2.40. The average molecular weight is 275 g/mol. The summed E-state index contributed by atoms with van der Waals surface area (Å²) in [7, 11) is 2.17. The minimum absolute atomic E-state index is 0.284. The van der Waals surface area contributed by atoms with E-state index in [9.17, 15) is 0 Å². The summed E-state index contributed by atoms with van der Waals surface area (Å²) >= 11 is 0. The molecule has 0 amide bonds. The van der Waals surface area contributed by atoms with Crippen molar-refractivity contribution in [3.05, 3.63) is 6.33 Å². The fourth-order valence-electron chi connectivity index (χ4n) is 2.91. The third-order valence-corrected chi connectivity index (χ3v) is 3.93. The molecule has 1 atom stereocenters. The van der Waals surface area contributed by atoms with Gasteiger partial charge in [-0.1, -0.05) is 6.92 Å². The van der Waals surface area contributed by atoms with E-state index in [-0.39, 0.29) is 5.95 Å². The summed E-state index contributed by atoms with van der Waals surface area (Å²) in [5.41, 5.74) is 7.35. The van der Waals surface area contributed by atoms with Crippen molar-refractivity contribution in [2.24, 2.45) is 0 Å². The Kier molecular flexibility index (Phi) is 3.43. The van der Waals surface area contributed by atoms with Gasteiger partial charge in [0.05, 0.1) is 6.33 Å². The van der Waals surface area contributed by atoms with Gasteiger partial charge in [0, 0.05) is 19.1 Å². The van der Waals surface area contributed by atoms with Gasteiger partial charge in [-0.3, -0.25) is 0 Å². The van der Waals surface area contributed by atoms with Crippen molar-refractivity contribution in [3.63, 3.8) is 0 Å². The fourth-order valence-corrected chi connectivity index (χ4v) is 2.91. The van der Waals surface area contributed by atoms with Gasteiger partial charge in [0.1, 0.15) is 5.52 Å². The first-order valence-corrected chi connectivity index (χ1v) is 7.10. The highest BCUT2D eigenvalue weighted by atomic mass is 15.3. The molecule has 1 fully saturated rings. The Balaban J connectivity index is 2.05. The topological polar surface area (TPSA) is 87.0 Å². The van der Waals surface area contributed by atoms with E-state index in [1.165, 1.54) is 0 Å². The minimum atomic E-state index is 0.284. The smallest absolute Gasteiger partial charge is 0.224 e. The highest BCUT2D eigenvalue weighted by molar-refractivity contribution is 5.84. The minimum Gasteiger partial charge on any atom is -0.368 e. The summed E-state index contributed by atoms with van der Waals surface area (Å²) in [6.45, 7) is 5.34. The zero-order valence-electron chi connectivity index (χ0n) is 12.0. The van der Waals surface area contributed by atoms with Crippen LogP contribution in [0.4, 0.5) is 11.8 Å². The summed E-state index contributed by atoms with van der Waals surface area (Å²) in [6, 6.07) is 0.434. The maximum absolute atomic E-state index is 5.83. The summed E-state index contributed by atoms with van der Waals surface area (Å²) in [4.78, 5) is 20.7. The summed E-state index contributed by atoms with van der Waals surface area (Å²) in [6.07, 6.45) is 3.84. The zero-order chi connectivity index (χ0) is 14.1. The van der Waals surface area contributed by atoms with Gasteiger partial charge in [-0.15, -0.1) is 0 Å². The number of aromatic amines is 1. The molecule has 1 saturated heterocycles. The van der Waals surface area contributed by atoms with Crippen LogP contribution in [0.2, 0.25) is 0 Å². The molecule has 0 spiro atoms. The van der Waals surface area contributed by atoms with Crippen LogP contribution in [0, 0.1) is 0 Å². The van der Waals surface area contributed by atoms with Gasteiger partial charge < -0.3 is 20.5 Å². The molecule has 7 nitrogen and oxygen atoms in total. The number of H-pyrrole nitrogens is 1. The van der Waals surface area contributed by atoms with Crippen LogP contribution in [-0.4, -0.2) is 57.6 Å². The molecule has 20 heavy (non-hydrogen) atoms. The van der Waals surface area contributed by atoms with Crippen molar-refractivity contribution in [1.29, 1.82) is 0 Å². The Labute approximate surface area is 118 Å². The van der Waals surface area contributed by atoms with Gasteiger partial charge >= 0.3 is 0 Å². The van der Waals surface area contributed by atoms with Crippen LogP contribution in [-0.2, 0) is 0 Å². The molecule has 0 aromatic carbocycles. The van der Waals surface area contributed by atoms with Crippen molar-refractivity contribution in [2.45, 2.75) is 25.8 Å². The van der Waals surface area contributed by atoms with Gasteiger partial charge in [-0.05, 0) is 26.4 Å². The number of rotatable bonds is 2. The summed E-state index contributed by atoms with van der Waals surface area (Å²) < 4.78 is 0. The maximum Gasteiger partial charge on any atom is 0.224 e. The highest BCUT2D eigenvalue weighted by Crippen LogP contribution is 2.26. The molecular weight excluding hydrogens is 254 g/mol. The standard InChI is InChI=1S/C13H21N7/c1-3-9-7-19(2)5-4-6-20(9)12-10-11(16-8-15-10)17-13(14)18-12/h8-9H,3-7H2,1-2H3,(H3,14,15,16,17,18). The SMILES string of the molecule is CCC1CN(C)CCCN1c1nc(N)nc2nc[nH]c12. The number of hydrogen-bond donors (Lipinski definition) is 2. The molecule has 1 unspecified atom stereocenters. The molecule has 3 rings (SSSR count). The fraction of sp³-hybridized carbons (Fsp3) is 0.615. The van der Waals surface area contributed by atoms with Crippen LogP contribution in [0.5, 0.6) is 0 Å². The van der Waals surface area contributed by atoms with Crippen LogP contribution in [0.1, 0.15) is 19.8 Å². The molecule has 3 N–H and O–H groups in total. The second-order valence-corrected chi connectivity index (χ2v) is 5.38. The van der Waals surface area contributed by atoms with Gasteiger partial charge in [0.15, 0.2) is 11.5 Å². The quantitative estimate of drug-likeness (QED) is 0.845. The van der Waals surface area contributed by atoms with E-state index in [0.717, 1.165) is 43.8 Å². The Morgan fingerprint density at radius 1 is 1.40 bits per heavy atom. The lowest BCUT2D eigenvalue weighted by molar-refractivity contribution is 0.328. The van der Waals surface area contributed by atoms with Crippen molar-refractivity contribution >= 4 is 22.9 Å². The number of nitrogens with one attached hydrogen (secondary N) is 1.